The second-order valence-corrected chi connectivity index (χ2v) is 8.47. The maximum absolute atomic E-state index is 10.6. The molecule has 154 valence electrons. The minimum Gasteiger partial charge on any atom is -0.394 e. The monoisotopic (exact) mass is 461 g/mol. The van der Waals surface area contributed by atoms with Crippen molar-refractivity contribution in [1.82, 2.24) is 4.57 Å². The number of aromatic nitrogens is 1. The molecule has 1 aromatic heterocycles. The zero-order valence-corrected chi connectivity index (χ0v) is 17.5. The molecule has 0 aliphatic carbocycles. The molecule has 29 heavy (non-hydrogen) atoms. The molecule has 0 radical (unpaired) electrons. The molecule has 4 rings (SSSR count). The fourth-order valence-electron chi connectivity index (χ4n) is 4.07. The number of aliphatic hydroxyl groups excluding tert-OH is 4. The number of hydrogen-bond acceptors (Lipinski definition) is 5. The molecule has 7 heteroatoms. The summed E-state index contributed by atoms with van der Waals surface area (Å²) in [5.41, 5.74) is 4.17. The van der Waals surface area contributed by atoms with Gasteiger partial charge in [0, 0.05) is 16.1 Å². The van der Waals surface area contributed by atoms with E-state index in [2.05, 4.69) is 28.1 Å². The van der Waals surface area contributed by atoms with Crippen molar-refractivity contribution >= 4 is 26.8 Å². The number of rotatable bonds is 4. The van der Waals surface area contributed by atoms with Gasteiger partial charge in [0.2, 0.25) is 0 Å². The lowest BCUT2D eigenvalue weighted by Crippen LogP contribution is -2.56. The van der Waals surface area contributed by atoms with Crippen LogP contribution < -0.4 is 0 Å². The lowest BCUT2D eigenvalue weighted by molar-refractivity contribution is -0.250. The summed E-state index contributed by atoms with van der Waals surface area (Å²) in [4.78, 5) is 0. The van der Waals surface area contributed by atoms with Crippen molar-refractivity contribution in [2.45, 2.75) is 44.0 Å². The van der Waals surface area contributed by atoms with Gasteiger partial charge in [-0.2, -0.15) is 0 Å². The zero-order valence-electron chi connectivity index (χ0n) is 15.9. The van der Waals surface area contributed by atoms with Crippen molar-refractivity contribution in [2.75, 3.05) is 6.61 Å². The fraction of sp³-hybridized carbons (Fsp3) is 0.364. The number of aliphatic hydroxyl groups is 4. The highest BCUT2D eigenvalue weighted by molar-refractivity contribution is 9.10. The molecule has 2 aromatic carbocycles. The molecule has 6 nitrogen and oxygen atoms in total. The van der Waals surface area contributed by atoms with Gasteiger partial charge in [0.25, 0.3) is 0 Å². The second-order valence-electron chi connectivity index (χ2n) is 7.55. The average Bonchev–Trinajstić information content (AvgIpc) is 3.08. The van der Waals surface area contributed by atoms with Gasteiger partial charge in [0.05, 0.1) is 12.1 Å². The number of aryl methyl sites for hydroxylation is 1. The van der Waals surface area contributed by atoms with Gasteiger partial charge in [0.15, 0.2) is 6.23 Å². The lowest BCUT2D eigenvalue weighted by Gasteiger charge is -2.40. The van der Waals surface area contributed by atoms with Gasteiger partial charge in [-0.25, -0.2) is 0 Å². The molecule has 2 heterocycles. The van der Waals surface area contributed by atoms with Gasteiger partial charge >= 0.3 is 0 Å². The van der Waals surface area contributed by atoms with Crippen LogP contribution in [0, 0.1) is 6.92 Å². The molecular weight excluding hydrogens is 438 g/mol. The van der Waals surface area contributed by atoms with E-state index < -0.39 is 37.3 Å². The van der Waals surface area contributed by atoms with E-state index in [1.165, 1.54) is 0 Å². The molecule has 0 spiro atoms. The molecule has 0 bridgehead atoms. The summed E-state index contributed by atoms with van der Waals surface area (Å²) in [6.07, 6.45) is -3.38. The van der Waals surface area contributed by atoms with Gasteiger partial charge in [-0.3, -0.25) is 0 Å². The maximum atomic E-state index is 10.6. The molecule has 0 amide bonds. The summed E-state index contributed by atoms with van der Waals surface area (Å²) in [6, 6.07) is 14.0. The topological polar surface area (TPSA) is 95.1 Å². The standard InChI is InChI=1S/C22H24BrNO5/c1-12-3-2-4-16-18(12)14(9-13-5-7-15(23)8-6-13)10-24(16)22-21(28)20(27)19(26)17(11-25)29-22/h2-8,10,17,19-22,25-28H,9,11H2,1H3/t17-,19-,20+,21-,22-/m1/s1. The van der Waals surface area contributed by atoms with E-state index in [1.807, 2.05) is 43.5 Å². The molecule has 1 aliphatic heterocycles. The van der Waals surface area contributed by atoms with Crippen molar-refractivity contribution in [1.29, 1.82) is 0 Å². The van der Waals surface area contributed by atoms with E-state index in [4.69, 9.17) is 4.74 Å². The first-order valence-electron chi connectivity index (χ1n) is 9.54. The summed E-state index contributed by atoms with van der Waals surface area (Å²) in [7, 11) is 0. The highest BCUT2D eigenvalue weighted by Crippen LogP contribution is 2.35. The third-order valence-electron chi connectivity index (χ3n) is 5.59. The Kier molecular flexibility index (Phi) is 5.79. The molecule has 1 saturated heterocycles. The predicted molar refractivity (Wildman–Crippen MR) is 113 cm³/mol. The molecule has 0 saturated carbocycles. The Hall–Kier alpha value is -1.74. The van der Waals surface area contributed by atoms with Crippen molar-refractivity contribution in [2.24, 2.45) is 0 Å². The molecular formula is C22H24BrNO5. The minimum absolute atomic E-state index is 0.453. The van der Waals surface area contributed by atoms with E-state index in [-0.39, 0.29) is 0 Å². The Morgan fingerprint density at radius 1 is 1.00 bits per heavy atom. The van der Waals surface area contributed by atoms with Crippen molar-refractivity contribution < 1.29 is 25.2 Å². The molecule has 3 aromatic rings. The van der Waals surface area contributed by atoms with Crippen LogP contribution >= 0.6 is 15.9 Å². The van der Waals surface area contributed by atoms with E-state index in [9.17, 15) is 20.4 Å². The number of ether oxygens (including phenoxy) is 1. The first-order valence-corrected chi connectivity index (χ1v) is 10.3. The van der Waals surface area contributed by atoms with Crippen molar-refractivity contribution in [3.63, 3.8) is 0 Å². The smallest absolute Gasteiger partial charge is 0.163 e. The summed E-state index contributed by atoms with van der Waals surface area (Å²) in [5, 5.41) is 41.5. The summed E-state index contributed by atoms with van der Waals surface area (Å²) >= 11 is 3.45. The van der Waals surface area contributed by atoms with Crippen molar-refractivity contribution in [3.8, 4) is 0 Å². The van der Waals surface area contributed by atoms with Crippen LogP contribution in [-0.2, 0) is 11.2 Å². The molecule has 5 atom stereocenters. The SMILES string of the molecule is Cc1cccc2c1c(Cc1ccc(Br)cc1)cn2[C@@H]1O[C@H](CO)[C@@H](O)[C@H](O)[C@H]1O. The normalized spacial score (nSPS) is 27.4. The Morgan fingerprint density at radius 3 is 2.41 bits per heavy atom. The van der Waals surface area contributed by atoms with Crippen LogP contribution in [0.4, 0.5) is 0 Å². The number of halogens is 1. The number of benzene rings is 2. The summed E-state index contributed by atoms with van der Waals surface area (Å²) in [5.74, 6) is 0. The summed E-state index contributed by atoms with van der Waals surface area (Å²) < 4.78 is 8.60. The second kappa shape index (κ2) is 8.18. The maximum Gasteiger partial charge on any atom is 0.163 e. The molecule has 1 aliphatic rings. The third kappa shape index (κ3) is 3.74. The molecule has 4 N–H and O–H groups in total. The van der Waals surface area contributed by atoms with Gasteiger partial charge in [0.1, 0.15) is 24.4 Å². The Morgan fingerprint density at radius 2 is 1.72 bits per heavy atom. The minimum atomic E-state index is -1.41. The van der Waals surface area contributed by atoms with E-state index in [0.717, 1.165) is 32.1 Å². The first kappa shape index (κ1) is 20.5. The van der Waals surface area contributed by atoms with Crippen LogP contribution in [0.3, 0.4) is 0 Å². The average molecular weight is 462 g/mol. The molecule has 0 unspecified atom stereocenters. The lowest BCUT2D eigenvalue weighted by atomic mass is 9.98. The van der Waals surface area contributed by atoms with Crippen LogP contribution in [0.2, 0.25) is 0 Å². The van der Waals surface area contributed by atoms with Gasteiger partial charge in [-0.1, -0.05) is 40.2 Å². The van der Waals surface area contributed by atoms with Crippen molar-refractivity contribution in [3.05, 3.63) is 69.8 Å². The Bertz CT molecular complexity index is 1000. The van der Waals surface area contributed by atoms with Gasteiger partial charge in [-0.05, 0) is 48.2 Å². The Balaban J connectivity index is 1.79. The summed E-state index contributed by atoms with van der Waals surface area (Å²) in [6.45, 7) is 1.58. The van der Waals surface area contributed by atoms with Crippen LogP contribution in [0.25, 0.3) is 10.9 Å². The molecule has 1 fully saturated rings. The number of nitrogens with zero attached hydrogens (tertiary/aromatic N) is 1. The Labute approximate surface area is 177 Å². The third-order valence-corrected chi connectivity index (χ3v) is 6.12. The van der Waals surface area contributed by atoms with Crippen LogP contribution in [0.1, 0.15) is 22.9 Å². The largest absolute Gasteiger partial charge is 0.394 e. The van der Waals surface area contributed by atoms with E-state index in [0.29, 0.717) is 6.42 Å². The first-order chi connectivity index (χ1) is 13.9. The zero-order chi connectivity index (χ0) is 20.7. The van der Waals surface area contributed by atoms with Crippen LogP contribution in [-0.4, -0.2) is 56.0 Å². The van der Waals surface area contributed by atoms with Gasteiger partial charge < -0.3 is 29.7 Å². The number of fused-ring (bicyclic) bond motifs is 1. The number of hydrogen-bond donors (Lipinski definition) is 4. The highest BCUT2D eigenvalue weighted by Gasteiger charge is 2.44. The van der Waals surface area contributed by atoms with Crippen LogP contribution in [0.15, 0.2) is 53.1 Å². The quantitative estimate of drug-likeness (QED) is 0.478. The van der Waals surface area contributed by atoms with Crippen LogP contribution in [0.5, 0.6) is 0 Å². The highest BCUT2D eigenvalue weighted by atomic mass is 79.9. The predicted octanol–water partition coefficient (Wildman–Crippen LogP) is 2.28. The van der Waals surface area contributed by atoms with E-state index >= 15 is 0 Å². The fourth-order valence-corrected chi connectivity index (χ4v) is 4.33. The van der Waals surface area contributed by atoms with E-state index in [1.54, 1.807) is 4.57 Å². The van der Waals surface area contributed by atoms with Gasteiger partial charge in [-0.15, -0.1) is 0 Å².